The summed E-state index contributed by atoms with van der Waals surface area (Å²) < 4.78 is 35.8. The van der Waals surface area contributed by atoms with Crippen LogP contribution in [-0.2, 0) is 26.5 Å². The molecule has 0 radical (unpaired) electrons. The van der Waals surface area contributed by atoms with Crippen LogP contribution in [0.2, 0.25) is 0 Å². The number of nitrogens with zero attached hydrogens (tertiary/aromatic N) is 3. The number of carbonyl (C=O) groups is 1. The van der Waals surface area contributed by atoms with E-state index in [0.717, 1.165) is 35.8 Å². The first-order valence-corrected chi connectivity index (χ1v) is 14.8. The molecule has 1 aliphatic carbocycles. The molecule has 0 saturated carbocycles. The molecule has 1 aliphatic heterocycles. The lowest BCUT2D eigenvalue weighted by Crippen LogP contribution is -2.32. The number of aromatic nitrogens is 2. The number of benzene rings is 2. The maximum atomic E-state index is 12.6. The van der Waals surface area contributed by atoms with Gasteiger partial charge in [0.2, 0.25) is 11.7 Å². The predicted octanol–water partition coefficient (Wildman–Crippen LogP) is 3.38. The quantitative estimate of drug-likeness (QED) is 0.314. The van der Waals surface area contributed by atoms with E-state index in [4.69, 9.17) is 9.26 Å². The molecular formula is C25H26IN3O6S. The zero-order valence-corrected chi connectivity index (χ0v) is 22.9. The second-order valence-corrected chi connectivity index (χ2v) is 13.1. The van der Waals surface area contributed by atoms with Crippen molar-refractivity contribution < 1.29 is 27.6 Å². The van der Waals surface area contributed by atoms with E-state index < -0.39 is 9.84 Å². The highest BCUT2D eigenvalue weighted by Crippen LogP contribution is 2.48. The van der Waals surface area contributed by atoms with E-state index in [1.807, 2.05) is 19.1 Å². The van der Waals surface area contributed by atoms with Gasteiger partial charge in [0.1, 0.15) is 14.8 Å². The summed E-state index contributed by atoms with van der Waals surface area (Å²) in [5.74, 6) is 0.961. The monoisotopic (exact) mass is 623 g/mol. The van der Waals surface area contributed by atoms with Gasteiger partial charge >= 0.3 is 0 Å². The number of ether oxygens (including phenoxy) is 1. The fourth-order valence-corrected chi connectivity index (χ4v) is 6.39. The lowest BCUT2D eigenvalue weighted by molar-refractivity contribution is -0.128. The lowest BCUT2D eigenvalue weighted by Gasteiger charge is -2.24. The molecule has 2 aliphatic rings. The van der Waals surface area contributed by atoms with Crippen molar-refractivity contribution in [3.05, 3.63) is 47.5 Å². The summed E-state index contributed by atoms with van der Waals surface area (Å²) in [5, 5.41) is 13.5. The fourth-order valence-electron chi connectivity index (χ4n) is 5.30. The highest BCUT2D eigenvalue weighted by atomic mass is 127. The van der Waals surface area contributed by atoms with E-state index in [1.165, 1.54) is 6.07 Å². The Kier molecular flexibility index (Phi) is 6.58. The molecule has 9 nitrogen and oxygen atoms in total. The Hall–Kier alpha value is -2.51. The first-order chi connectivity index (χ1) is 17.1. The number of hydrogen-bond acceptors (Lipinski definition) is 8. The van der Waals surface area contributed by atoms with E-state index >= 15 is 0 Å². The minimum Gasteiger partial charge on any atom is -0.479 e. The average Bonchev–Trinajstić information content (AvgIpc) is 3.52. The molecule has 0 bridgehead atoms. The summed E-state index contributed by atoms with van der Waals surface area (Å²) in [7, 11) is -3.55. The van der Waals surface area contributed by atoms with Crippen LogP contribution in [0.15, 0.2) is 45.8 Å². The minimum atomic E-state index is -3.55. The summed E-state index contributed by atoms with van der Waals surface area (Å²) in [6.07, 6.45) is 3.19. The summed E-state index contributed by atoms with van der Waals surface area (Å²) in [6.45, 7) is 2.71. The number of β-amino-alcohol motifs (C(OH)–C–C–N with tert-alkyl or cyclic N) is 1. The smallest absolute Gasteiger partial charge is 0.258 e. The molecule has 5 rings (SSSR count). The van der Waals surface area contributed by atoms with Crippen LogP contribution in [0.5, 0.6) is 5.75 Å². The van der Waals surface area contributed by atoms with Crippen molar-refractivity contribution in [1.82, 2.24) is 15.0 Å². The Labute approximate surface area is 222 Å². The van der Waals surface area contributed by atoms with Crippen LogP contribution >= 0.6 is 22.6 Å². The summed E-state index contributed by atoms with van der Waals surface area (Å²) >= 11 is 2.06. The molecule has 11 heteroatoms. The number of halogens is 1. The van der Waals surface area contributed by atoms with Crippen LogP contribution < -0.4 is 4.74 Å². The Morgan fingerprint density at radius 1 is 1.31 bits per heavy atom. The van der Waals surface area contributed by atoms with Gasteiger partial charge in [-0.25, -0.2) is 8.42 Å². The van der Waals surface area contributed by atoms with Gasteiger partial charge in [0.15, 0.2) is 9.84 Å². The summed E-state index contributed by atoms with van der Waals surface area (Å²) in [4.78, 5) is 18.9. The van der Waals surface area contributed by atoms with Gasteiger partial charge in [-0.3, -0.25) is 4.79 Å². The topological polar surface area (TPSA) is 123 Å². The zero-order valence-electron chi connectivity index (χ0n) is 19.9. The predicted molar refractivity (Wildman–Crippen MR) is 141 cm³/mol. The standard InChI is InChI=1S/C25H26IN3O6S/c1-15(26)34-20-7-6-16(12-21(20)36(2,32)33)24-27-23(28-35-24)18-4-3-5-19-17(18)8-9-25(19)13-22(31)29(14-25)10-11-30/h3-7,12,15,30H,8-11,13-14H2,1-2H3. The lowest BCUT2D eigenvalue weighted by atomic mass is 9.80. The van der Waals surface area contributed by atoms with E-state index in [0.29, 0.717) is 30.9 Å². The SMILES string of the molecule is CC(I)Oc1ccc(-c2nc(-c3cccc4c3CCC43CC(=O)N(CCO)C3)no2)cc1S(C)(=O)=O. The van der Waals surface area contributed by atoms with Crippen LogP contribution in [0.1, 0.15) is 30.9 Å². The highest BCUT2D eigenvalue weighted by molar-refractivity contribution is 14.1. The number of amides is 1. The first kappa shape index (κ1) is 25.2. The number of aliphatic hydroxyl groups excluding tert-OH is 1. The molecule has 2 unspecified atom stereocenters. The molecule has 1 aromatic heterocycles. The number of carbonyl (C=O) groups excluding carboxylic acids is 1. The number of likely N-dealkylation sites (tertiary alicyclic amines) is 1. The van der Waals surface area contributed by atoms with Crippen molar-refractivity contribution in [2.75, 3.05) is 26.0 Å². The number of fused-ring (bicyclic) bond motifs is 2. The Bertz CT molecular complexity index is 1440. The van der Waals surface area contributed by atoms with Crippen molar-refractivity contribution in [2.45, 2.75) is 40.6 Å². The number of hydrogen-bond donors (Lipinski definition) is 1. The Morgan fingerprint density at radius 3 is 2.83 bits per heavy atom. The number of rotatable bonds is 7. The van der Waals surface area contributed by atoms with Crippen LogP contribution in [0.3, 0.4) is 0 Å². The Morgan fingerprint density at radius 2 is 2.11 bits per heavy atom. The number of alkyl halides is 1. The summed E-state index contributed by atoms with van der Waals surface area (Å²) in [6, 6.07) is 10.7. The molecule has 1 fully saturated rings. The molecule has 1 N–H and O–H groups in total. The molecule has 2 aromatic carbocycles. The average molecular weight is 623 g/mol. The van der Waals surface area contributed by atoms with Gasteiger partial charge in [-0.15, -0.1) is 0 Å². The molecule has 2 heterocycles. The van der Waals surface area contributed by atoms with Crippen molar-refractivity contribution in [1.29, 1.82) is 0 Å². The second-order valence-electron chi connectivity index (χ2n) is 9.35. The maximum absolute atomic E-state index is 12.6. The third-order valence-corrected chi connectivity index (χ3v) is 8.23. The van der Waals surface area contributed by atoms with Gasteiger partial charge < -0.3 is 19.3 Å². The van der Waals surface area contributed by atoms with Crippen LogP contribution in [0.25, 0.3) is 22.8 Å². The van der Waals surface area contributed by atoms with Crippen molar-refractivity contribution >= 4 is 38.3 Å². The largest absolute Gasteiger partial charge is 0.479 e. The van der Waals surface area contributed by atoms with Gasteiger partial charge in [-0.2, -0.15) is 4.98 Å². The zero-order chi connectivity index (χ0) is 25.7. The van der Waals surface area contributed by atoms with Gasteiger partial charge in [0.05, 0.1) is 6.61 Å². The van der Waals surface area contributed by atoms with Crippen molar-refractivity contribution in [2.24, 2.45) is 0 Å². The minimum absolute atomic E-state index is 0.0500. The normalized spacial score (nSPS) is 20.2. The first-order valence-electron chi connectivity index (χ1n) is 11.6. The molecule has 190 valence electrons. The molecule has 2 atom stereocenters. The highest BCUT2D eigenvalue weighted by Gasteiger charge is 2.48. The van der Waals surface area contributed by atoms with Crippen molar-refractivity contribution in [3.63, 3.8) is 0 Å². The van der Waals surface area contributed by atoms with E-state index in [2.05, 4.69) is 38.8 Å². The molecular weight excluding hydrogens is 597 g/mol. The third kappa shape index (κ3) is 4.52. The van der Waals surface area contributed by atoms with Crippen molar-refractivity contribution in [3.8, 4) is 28.6 Å². The van der Waals surface area contributed by atoms with E-state index in [9.17, 15) is 18.3 Å². The van der Waals surface area contributed by atoms with E-state index in [1.54, 1.807) is 17.0 Å². The van der Waals surface area contributed by atoms with E-state index in [-0.39, 0.29) is 38.6 Å². The van der Waals surface area contributed by atoms with Gasteiger partial charge in [-0.05, 0) is 71.7 Å². The third-order valence-electron chi connectivity index (χ3n) is 6.85. The van der Waals surface area contributed by atoms with Crippen LogP contribution in [-0.4, -0.2) is 64.5 Å². The fraction of sp³-hybridized carbons (Fsp3) is 0.400. The summed E-state index contributed by atoms with van der Waals surface area (Å²) in [5.41, 5.74) is 3.27. The molecule has 3 aromatic rings. The second kappa shape index (κ2) is 9.42. The Balaban J connectivity index is 1.49. The number of aliphatic hydroxyl groups is 1. The van der Waals surface area contributed by atoms with Crippen LogP contribution in [0, 0.1) is 0 Å². The van der Waals surface area contributed by atoms with Gasteiger partial charge in [-0.1, -0.05) is 23.4 Å². The molecule has 36 heavy (non-hydrogen) atoms. The molecule has 1 amide bonds. The maximum Gasteiger partial charge on any atom is 0.258 e. The van der Waals surface area contributed by atoms with Gasteiger partial charge in [0.25, 0.3) is 5.89 Å². The number of sulfone groups is 1. The van der Waals surface area contributed by atoms with Gasteiger partial charge in [0, 0.05) is 42.3 Å². The molecule has 1 saturated heterocycles. The molecule has 1 spiro atoms. The van der Waals surface area contributed by atoms with Crippen LogP contribution in [0.4, 0.5) is 0 Å².